The molecule has 82 valence electrons. The van der Waals surface area contributed by atoms with Crippen molar-refractivity contribution in [2.75, 3.05) is 5.73 Å². The van der Waals surface area contributed by atoms with E-state index in [-0.39, 0.29) is 5.95 Å². The van der Waals surface area contributed by atoms with E-state index in [0.717, 1.165) is 15.7 Å². The van der Waals surface area contributed by atoms with Crippen molar-refractivity contribution in [1.29, 1.82) is 0 Å². The van der Waals surface area contributed by atoms with Gasteiger partial charge in [-0.05, 0) is 49.4 Å². The summed E-state index contributed by atoms with van der Waals surface area (Å²) in [7, 11) is 0. The van der Waals surface area contributed by atoms with Gasteiger partial charge in [0.15, 0.2) is 0 Å². The summed E-state index contributed by atoms with van der Waals surface area (Å²) in [6, 6.07) is 5.88. The lowest BCUT2D eigenvalue weighted by Crippen LogP contribution is -1.94. The molecule has 0 aliphatic rings. The summed E-state index contributed by atoms with van der Waals surface area (Å²) in [5.74, 6) is 0.286. The lowest BCUT2D eigenvalue weighted by atomic mass is 10.3. The maximum Gasteiger partial charge on any atom is 0.221 e. The van der Waals surface area contributed by atoms with Crippen molar-refractivity contribution in [3.05, 3.63) is 35.7 Å². The van der Waals surface area contributed by atoms with Crippen LogP contribution >= 0.6 is 11.8 Å². The number of rotatable bonds is 2. The van der Waals surface area contributed by atoms with E-state index >= 15 is 0 Å². The smallest absolute Gasteiger partial charge is 0.221 e. The summed E-state index contributed by atoms with van der Waals surface area (Å²) in [6.45, 7) is 4.03. The Hall–Kier alpha value is -1.62. The van der Waals surface area contributed by atoms with E-state index in [4.69, 9.17) is 5.73 Å². The standard InChI is InChI=1S/C11H12N4S/c1-7-5-8(2)14-10(6-7)16-9-3-4-13-11(12)15-9/h3-6H,1-2H3,(H2,12,13,15). The number of hydrogen-bond donors (Lipinski definition) is 1. The molecule has 2 N–H and O–H groups in total. The van der Waals surface area contributed by atoms with Crippen LogP contribution in [0.25, 0.3) is 0 Å². The van der Waals surface area contributed by atoms with E-state index < -0.39 is 0 Å². The number of nitrogens with two attached hydrogens (primary N) is 1. The highest BCUT2D eigenvalue weighted by atomic mass is 32.2. The van der Waals surface area contributed by atoms with E-state index in [1.165, 1.54) is 17.3 Å². The van der Waals surface area contributed by atoms with E-state index in [1.807, 2.05) is 32.0 Å². The number of anilines is 1. The first-order valence-corrected chi connectivity index (χ1v) is 5.67. The van der Waals surface area contributed by atoms with E-state index in [0.29, 0.717) is 0 Å². The van der Waals surface area contributed by atoms with Crippen LogP contribution in [0.2, 0.25) is 0 Å². The first-order valence-electron chi connectivity index (χ1n) is 4.85. The predicted octanol–water partition coefficient (Wildman–Crippen LogP) is 2.22. The summed E-state index contributed by atoms with van der Waals surface area (Å²) in [5, 5.41) is 1.74. The first kappa shape index (κ1) is 10.9. The van der Waals surface area contributed by atoms with Crippen molar-refractivity contribution in [3.8, 4) is 0 Å². The lowest BCUT2D eigenvalue weighted by molar-refractivity contribution is 1.02. The van der Waals surface area contributed by atoms with Crippen LogP contribution in [-0.2, 0) is 0 Å². The minimum atomic E-state index is 0.286. The van der Waals surface area contributed by atoms with Gasteiger partial charge in [-0.25, -0.2) is 15.0 Å². The minimum absolute atomic E-state index is 0.286. The van der Waals surface area contributed by atoms with Crippen LogP contribution in [0.1, 0.15) is 11.3 Å². The lowest BCUT2D eigenvalue weighted by Gasteiger charge is -2.03. The third-order valence-electron chi connectivity index (χ3n) is 1.93. The molecular formula is C11H12N4S. The third-order valence-corrected chi connectivity index (χ3v) is 2.79. The molecule has 0 fully saturated rings. The van der Waals surface area contributed by atoms with Crippen molar-refractivity contribution in [2.24, 2.45) is 0 Å². The molecule has 4 nitrogen and oxygen atoms in total. The molecule has 2 heterocycles. The van der Waals surface area contributed by atoms with Gasteiger partial charge in [0, 0.05) is 11.9 Å². The largest absolute Gasteiger partial charge is 0.368 e. The fourth-order valence-electron chi connectivity index (χ4n) is 1.38. The van der Waals surface area contributed by atoms with Crippen LogP contribution in [0.4, 0.5) is 5.95 Å². The fourth-order valence-corrected chi connectivity index (χ4v) is 2.29. The van der Waals surface area contributed by atoms with Gasteiger partial charge < -0.3 is 5.73 Å². The van der Waals surface area contributed by atoms with Gasteiger partial charge in [0.2, 0.25) is 5.95 Å². The van der Waals surface area contributed by atoms with Crippen LogP contribution in [-0.4, -0.2) is 15.0 Å². The Morgan fingerprint density at radius 3 is 2.62 bits per heavy atom. The summed E-state index contributed by atoms with van der Waals surface area (Å²) >= 11 is 1.49. The van der Waals surface area contributed by atoms with Crippen molar-refractivity contribution in [1.82, 2.24) is 15.0 Å². The maximum absolute atomic E-state index is 5.52. The Bertz CT molecular complexity index is 493. The van der Waals surface area contributed by atoms with Crippen LogP contribution in [0.3, 0.4) is 0 Å². The van der Waals surface area contributed by atoms with Gasteiger partial charge in [0.1, 0.15) is 10.1 Å². The zero-order valence-corrected chi connectivity index (χ0v) is 9.95. The van der Waals surface area contributed by atoms with Crippen molar-refractivity contribution >= 4 is 17.7 Å². The molecule has 5 heteroatoms. The molecule has 0 aliphatic heterocycles. The van der Waals surface area contributed by atoms with Crippen LogP contribution in [0, 0.1) is 13.8 Å². The van der Waals surface area contributed by atoms with Crippen molar-refractivity contribution in [2.45, 2.75) is 23.9 Å². The molecule has 0 bridgehead atoms. The zero-order chi connectivity index (χ0) is 11.5. The van der Waals surface area contributed by atoms with Gasteiger partial charge >= 0.3 is 0 Å². The predicted molar refractivity (Wildman–Crippen MR) is 64.3 cm³/mol. The van der Waals surface area contributed by atoms with Crippen LogP contribution in [0.15, 0.2) is 34.4 Å². The van der Waals surface area contributed by atoms with Crippen LogP contribution < -0.4 is 5.73 Å². The maximum atomic E-state index is 5.52. The molecule has 0 atom stereocenters. The average Bonchev–Trinajstić information content (AvgIpc) is 2.15. The second-order valence-corrected chi connectivity index (χ2v) is 4.52. The highest BCUT2D eigenvalue weighted by molar-refractivity contribution is 7.99. The number of nitrogen functional groups attached to an aromatic ring is 1. The van der Waals surface area contributed by atoms with E-state index in [2.05, 4.69) is 15.0 Å². The molecule has 0 aromatic carbocycles. The fraction of sp³-hybridized carbons (Fsp3) is 0.182. The summed E-state index contributed by atoms with van der Waals surface area (Å²) in [5.41, 5.74) is 7.71. The zero-order valence-electron chi connectivity index (χ0n) is 9.14. The highest BCUT2D eigenvalue weighted by Crippen LogP contribution is 2.25. The Labute approximate surface area is 98.3 Å². The van der Waals surface area contributed by atoms with Crippen LogP contribution in [0.5, 0.6) is 0 Å². The molecule has 0 spiro atoms. The second kappa shape index (κ2) is 4.49. The summed E-state index contributed by atoms with van der Waals surface area (Å²) in [6.07, 6.45) is 1.65. The van der Waals surface area contributed by atoms with Crippen molar-refractivity contribution < 1.29 is 0 Å². The van der Waals surface area contributed by atoms with Gasteiger partial charge in [-0.3, -0.25) is 0 Å². The monoisotopic (exact) mass is 232 g/mol. The number of aryl methyl sites for hydroxylation is 2. The number of aromatic nitrogens is 3. The summed E-state index contributed by atoms with van der Waals surface area (Å²) in [4.78, 5) is 12.4. The summed E-state index contributed by atoms with van der Waals surface area (Å²) < 4.78 is 0. The van der Waals surface area contributed by atoms with Crippen molar-refractivity contribution in [3.63, 3.8) is 0 Å². The highest BCUT2D eigenvalue weighted by Gasteiger charge is 2.02. The van der Waals surface area contributed by atoms with Gasteiger partial charge in [-0.2, -0.15) is 0 Å². The molecule has 0 saturated heterocycles. The quantitative estimate of drug-likeness (QED) is 0.804. The SMILES string of the molecule is Cc1cc(C)nc(Sc2ccnc(N)n2)c1. The molecule has 2 rings (SSSR count). The van der Waals surface area contributed by atoms with E-state index in [1.54, 1.807) is 6.20 Å². The van der Waals surface area contributed by atoms with Gasteiger partial charge in [0.05, 0.1) is 0 Å². The number of nitrogens with zero attached hydrogens (tertiary/aromatic N) is 3. The number of pyridine rings is 1. The molecule has 0 aliphatic carbocycles. The average molecular weight is 232 g/mol. The first-order chi connectivity index (χ1) is 7.63. The van der Waals surface area contributed by atoms with Gasteiger partial charge in [-0.1, -0.05) is 0 Å². The Morgan fingerprint density at radius 2 is 1.94 bits per heavy atom. The van der Waals surface area contributed by atoms with Gasteiger partial charge in [-0.15, -0.1) is 0 Å². The molecule has 16 heavy (non-hydrogen) atoms. The third kappa shape index (κ3) is 2.70. The molecule has 2 aromatic rings. The minimum Gasteiger partial charge on any atom is -0.368 e. The number of hydrogen-bond acceptors (Lipinski definition) is 5. The molecule has 2 aromatic heterocycles. The topological polar surface area (TPSA) is 64.7 Å². The normalized spacial score (nSPS) is 10.4. The Morgan fingerprint density at radius 1 is 1.12 bits per heavy atom. The molecule has 0 radical (unpaired) electrons. The molecule has 0 unspecified atom stereocenters. The molecule has 0 saturated carbocycles. The van der Waals surface area contributed by atoms with Gasteiger partial charge in [0.25, 0.3) is 0 Å². The Kier molecular flexibility index (Phi) is 3.05. The Balaban J connectivity index is 2.27. The molecule has 0 amide bonds. The second-order valence-electron chi connectivity index (χ2n) is 3.48. The molecular weight excluding hydrogens is 220 g/mol. The van der Waals surface area contributed by atoms with E-state index in [9.17, 15) is 0 Å².